The molecule has 0 aromatic rings. The van der Waals surface area contributed by atoms with Crippen LogP contribution in [-0.2, 0) is 9.53 Å². The van der Waals surface area contributed by atoms with Crippen LogP contribution < -0.4 is 5.32 Å². The number of carboxylic acids is 1. The first kappa shape index (κ1) is 14.8. The normalized spacial score (nSPS) is 20.4. The van der Waals surface area contributed by atoms with Crippen molar-refractivity contribution in [3.63, 3.8) is 0 Å². The SMILES string of the molecule is CCN(CC(C)C(=O)O)C(=O)NCC1CCCO1. The third kappa shape index (κ3) is 4.52. The second kappa shape index (κ2) is 7.20. The molecule has 2 atom stereocenters. The zero-order valence-electron chi connectivity index (χ0n) is 11.0. The molecular weight excluding hydrogens is 236 g/mol. The molecule has 1 fully saturated rings. The van der Waals surface area contributed by atoms with E-state index < -0.39 is 11.9 Å². The monoisotopic (exact) mass is 258 g/mol. The number of carbonyl (C=O) groups is 2. The number of nitrogens with zero attached hydrogens (tertiary/aromatic N) is 1. The molecule has 0 bridgehead atoms. The molecule has 1 aliphatic heterocycles. The van der Waals surface area contributed by atoms with Crippen LogP contribution in [0.3, 0.4) is 0 Å². The van der Waals surface area contributed by atoms with Gasteiger partial charge in [0.1, 0.15) is 0 Å². The molecule has 0 aliphatic carbocycles. The lowest BCUT2D eigenvalue weighted by atomic mass is 10.2. The fourth-order valence-electron chi connectivity index (χ4n) is 1.88. The molecule has 2 amide bonds. The number of carboxylic acid groups (broad SMARTS) is 1. The Bertz CT molecular complexity index is 290. The molecule has 1 rings (SSSR count). The Morgan fingerprint density at radius 1 is 1.56 bits per heavy atom. The topological polar surface area (TPSA) is 78.9 Å². The first-order valence-electron chi connectivity index (χ1n) is 6.41. The van der Waals surface area contributed by atoms with E-state index in [4.69, 9.17) is 9.84 Å². The van der Waals surface area contributed by atoms with Crippen molar-refractivity contribution in [1.82, 2.24) is 10.2 Å². The molecular formula is C12H22N2O4. The van der Waals surface area contributed by atoms with Crippen molar-refractivity contribution in [3.05, 3.63) is 0 Å². The molecule has 0 spiro atoms. The number of nitrogens with one attached hydrogen (secondary N) is 1. The predicted octanol–water partition coefficient (Wildman–Crippen LogP) is 0.918. The van der Waals surface area contributed by atoms with E-state index in [9.17, 15) is 9.59 Å². The molecule has 104 valence electrons. The van der Waals surface area contributed by atoms with Crippen LogP contribution >= 0.6 is 0 Å². The summed E-state index contributed by atoms with van der Waals surface area (Å²) in [5.74, 6) is -1.45. The number of carbonyl (C=O) groups excluding carboxylic acids is 1. The van der Waals surface area contributed by atoms with Crippen molar-refractivity contribution >= 4 is 12.0 Å². The molecule has 0 aromatic heterocycles. The average Bonchev–Trinajstić information content (AvgIpc) is 2.85. The van der Waals surface area contributed by atoms with Gasteiger partial charge in [0.05, 0.1) is 12.0 Å². The quantitative estimate of drug-likeness (QED) is 0.742. The highest BCUT2D eigenvalue weighted by Gasteiger charge is 2.21. The van der Waals surface area contributed by atoms with Gasteiger partial charge in [-0.3, -0.25) is 4.79 Å². The highest BCUT2D eigenvalue weighted by Crippen LogP contribution is 2.10. The Hall–Kier alpha value is -1.30. The molecule has 2 unspecified atom stereocenters. The van der Waals surface area contributed by atoms with Gasteiger partial charge in [0.15, 0.2) is 0 Å². The van der Waals surface area contributed by atoms with Gasteiger partial charge in [0.25, 0.3) is 0 Å². The Kier molecular flexibility index (Phi) is 5.91. The van der Waals surface area contributed by atoms with Crippen LogP contribution in [0.25, 0.3) is 0 Å². The van der Waals surface area contributed by atoms with Gasteiger partial charge in [0, 0.05) is 26.2 Å². The van der Waals surface area contributed by atoms with Crippen molar-refractivity contribution < 1.29 is 19.4 Å². The summed E-state index contributed by atoms with van der Waals surface area (Å²) in [4.78, 5) is 24.1. The summed E-state index contributed by atoms with van der Waals surface area (Å²) in [6, 6.07) is -0.221. The Balaban J connectivity index is 2.33. The highest BCUT2D eigenvalue weighted by molar-refractivity contribution is 5.75. The van der Waals surface area contributed by atoms with Crippen LogP contribution in [0.5, 0.6) is 0 Å². The zero-order chi connectivity index (χ0) is 13.5. The summed E-state index contributed by atoms with van der Waals surface area (Å²) < 4.78 is 5.41. The Morgan fingerprint density at radius 2 is 2.28 bits per heavy atom. The number of aliphatic carboxylic acids is 1. The molecule has 0 aromatic carbocycles. The van der Waals surface area contributed by atoms with E-state index in [0.29, 0.717) is 13.1 Å². The minimum absolute atomic E-state index is 0.101. The summed E-state index contributed by atoms with van der Waals surface area (Å²) in [6.45, 7) is 5.40. The van der Waals surface area contributed by atoms with Crippen LogP contribution in [0.2, 0.25) is 0 Å². The maximum atomic E-state index is 11.9. The lowest BCUT2D eigenvalue weighted by Gasteiger charge is -2.24. The van der Waals surface area contributed by atoms with Crippen molar-refractivity contribution in [1.29, 1.82) is 0 Å². The number of hydrogen-bond acceptors (Lipinski definition) is 3. The number of amides is 2. The van der Waals surface area contributed by atoms with Gasteiger partial charge in [-0.05, 0) is 19.8 Å². The second-order valence-corrected chi connectivity index (χ2v) is 4.60. The third-order valence-corrected chi connectivity index (χ3v) is 3.09. The van der Waals surface area contributed by atoms with Crippen LogP contribution in [0.4, 0.5) is 4.79 Å². The minimum Gasteiger partial charge on any atom is -0.481 e. The predicted molar refractivity (Wildman–Crippen MR) is 66.4 cm³/mol. The summed E-state index contributed by atoms with van der Waals surface area (Å²) in [5, 5.41) is 11.6. The molecule has 2 N–H and O–H groups in total. The maximum absolute atomic E-state index is 11.9. The zero-order valence-corrected chi connectivity index (χ0v) is 11.0. The van der Waals surface area contributed by atoms with Gasteiger partial charge in [-0.15, -0.1) is 0 Å². The van der Waals surface area contributed by atoms with E-state index >= 15 is 0 Å². The van der Waals surface area contributed by atoms with E-state index in [1.165, 1.54) is 4.90 Å². The van der Waals surface area contributed by atoms with Crippen molar-refractivity contribution in [3.8, 4) is 0 Å². The Morgan fingerprint density at radius 3 is 2.78 bits per heavy atom. The van der Waals surface area contributed by atoms with E-state index in [-0.39, 0.29) is 18.7 Å². The molecule has 1 heterocycles. The van der Waals surface area contributed by atoms with Gasteiger partial charge in [-0.2, -0.15) is 0 Å². The average molecular weight is 258 g/mol. The fourth-order valence-corrected chi connectivity index (χ4v) is 1.88. The highest BCUT2D eigenvalue weighted by atomic mass is 16.5. The maximum Gasteiger partial charge on any atom is 0.317 e. The van der Waals surface area contributed by atoms with Crippen LogP contribution in [0.1, 0.15) is 26.7 Å². The lowest BCUT2D eigenvalue weighted by Crippen LogP contribution is -2.45. The smallest absolute Gasteiger partial charge is 0.317 e. The summed E-state index contributed by atoms with van der Waals surface area (Å²) >= 11 is 0. The van der Waals surface area contributed by atoms with E-state index in [0.717, 1.165) is 19.4 Å². The molecule has 6 heteroatoms. The lowest BCUT2D eigenvalue weighted by molar-refractivity contribution is -0.141. The summed E-state index contributed by atoms with van der Waals surface area (Å²) in [7, 11) is 0. The van der Waals surface area contributed by atoms with Gasteiger partial charge in [-0.25, -0.2) is 4.79 Å². The first-order chi connectivity index (χ1) is 8.54. The third-order valence-electron chi connectivity index (χ3n) is 3.09. The number of hydrogen-bond donors (Lipinski definition) is 2. The molecule has 0 saturated carbocycles. The van der Waals surface area contributed by atoms with Crippen LogP contribution in [0.15, 0.2) is 0 Å². The molecule has 18 heavy (non-hydrogen) atoms. The van der Waals surface area contributed by atoms with Crippen LogP contribution in [-0.4, -0.2) is 54.4 Å². The fraction of sp³-hybridized carbons (Fsp3) is 0.833. The van der Waals surface area contributed by atoms with Gasteiger partial charge < -0.3 is 20.1 Å². The van der Waals surface area contributed by atoms with Gasteiger partial charge in [-0.1, -0.05) is 6.92 Å². The summed E-state index contributed by atoms with van der Waals surface area (Å²) in [6.07, 6.45) is 2.11. The van der Waals surface area contributed by atoms with Crippen molar-refractivity contribution in [2.45, 2.75) is 32.8 Å². The van der Waals surface area contributed by atoms with E-state index in [2.05, 4.69) is 5.32 Å². The molecule has 1 saturated heterocycles. The van der Waals surface area contributed by atoms with Gasteiger partial charge in [0.2, 0.25) is 0 Å². The van der Waals surface area contributed by atoms with Crippen molar-refractivity contribution in [2.75, 3.05) is 26.2 Å². The van der Waals surface area contributed by atoms with Crippen molar-refractivity contribution in [2.24, 2.45) is 5.92 Å². The first-order valence-corrected chi connectivity index (χ1v) is 6.41. The molecule has 1 aliphatic rings. The molecule has 6 nitrogen and oxygen atoms in total. The van der Waals surface area contributed by atoms with Crippen LogP contribution in [0, 0.1) is 5.92 Å². The number of rotatable bonds is 6. The summed E-state index contributed by atoms with van der Waals surface area (Å²) in [5.41, 5.74) is 0. The van der Waals surface area contributed by atoms with Gasteiger partial charge >= 0.3 is 12.0 Å². The standard InChI is InChI=1S/C12H22N2O4/c1-3-14(8-9(2)11(15)16)12(17)13-7-10-5-4-6-18-10/h9-10H,3-8H2,1-2H3,(H,13,17)(H,15,16). The minimum atomic E-state index is -0.889. The second-order valence-electron chi connectivity index (χ2n) is 4.60. The number of ether oxygens (including phenoxy) is 1. The largest absolute Gasteiger partial charge is 0.481 e. The Labute approximate surface area is 107 Å². The van der Waals surface area contributed by atoms with E-state index in [1.807, 2.05) is 6.92 Å². The van der Waals surface area contributed by atoms with E-state index in [1.54, 1.807) is 6.92 Å². The molecule has 0 radical (unpaired) electrons. The number of urea groups is 1.